The number of halogens is 2. The molecule has 0 aliphatic carbocycles. The lowest BCUT2D eigenvalue weighted by atomic mass is 10.2. The van der Waals surface area contributed by atoms with Crippen LogP contribution in [0.15, 0.2) is 49.2 Å². The van der Waals surface area contributed by atoms with Gasteiger partial charge in [-0.2, -0.15) is 9.97 Å². The van der Waals surface area contributed by atoms with E-state index in [9.17, 15) is 0 Å². The van der Waals surface area contributed by atoms with Crippen molar-refractivity contribution in [1.82, 2.24) is 20.3 Å². The van der Waals surface area contributed by atoms with E-state index in [1.54, 1.807) is 12.1 Å². The quantitative estimate of drug-likeness (QED) is 0.439. The summed E-state index contributed by atoms with van der Waals surface area (Å²) in [6, 6.07) is 9.11. The van der Waals surface area contributed by atoms with E-state index in [1.807, 2.05) is 23.6 Å². The van der Waals surface area contributed by atoms with Crippen LogP contribution >= 0.6 is 38.9 Å². The Bertz CT molecular complexity index is 1020. The molecule has 4 rings (SSSR count). The zero-order chi connectivity index (χ0) is 17.2. The molecule has 0 radical (unpaired) electrons. The van der Waals surface area contributed by atoms with Gasteiger partial charge in [0.2, 0.25) is 11.6 Å². The van der Waals surface area contributed by atoms with Gasteiger partial charge in [0.25, 0.3) is 5.89 Å². The van der Waals surface area contributed by atoms with Crippen LogP contribution in [0.3, 0.4) is 0 Å². The van der Waals surface area contributed by atoms with Crippen molar-refractivity contribution in [3.63, 3.8) is 0 Å². The van der Waals surface area contributed by atoms with E-state index in [2.05, 4.69) is 36.2 Å². The summed E-state index contributed by atoms with van der Waals surface area (Å²) in [7, 11) is 0. The summed E-state index contributed by atoms with van der Waals surface area (Å²) >= 11 is 11.0. The van der Waals surface area contributed by atoms with Gasteiger partial charge in [0.05, 0.1) is 9.90 Å². The molecule has 1 aromatic carbocycles. The first-order valence-electron chi connectivity index (χ1n) is 6.97. The molecule has 0 aliphatic rings. The lowest BCUT2D eigenvalue weighted by Crippen LogP contribution is -1.95. The molecule has 126 valence electrons. The highest BCUT2D eigenvalue weighted by Gasteiger charge is 2.15. The topological polar surface area (TPSA) is 87.1 Å². The van der Waals surface area contributed by atoms with E-state index in [0.29, 0.717) is 28.1 Å². The number of nitrogens with zero attached hydrogens (tertiary/aromatic N) is 4. The number of aromatic nitrogens is 4. The van der Waals surface area contributed by atoms with Gasteiger partial charge >= 0.3 is 6.08 Å². The van der Waals surface area contributed by atoms with Crippen LogP contribution in [0, 0.1) is 0 Å². The fraction of sp³-hybridized carbons (Fsp3) is 0.0667. The Morgan fingerprint density at radius 2 is 1.96 bits per heavy atom. The maximum absolute atomic E-state index is 6.11. The number of benzene rings is 1. The Labute approximate surface area is 158 Å². The second-order valence-corrected chi connectivity index (χ2v) is 7.03. The number of thiophene rings is 1. The van der Waals surface area contributed by atoms with E-state index in [0.717, 1.165) is 9.35 Å². The van der Waals surface area contributed by atoms with Crippen LogP contribution in [-0.4, -0.2) is 20.3 Å². The average molecular weight is 440 g/mol. The summed E-state index contributed by atoms with van der Waals surface area (Å²) < 4.78 is 16.6. The standard InChI is InChI=1S/C15H8BrClN4O3S/c16-8-5-11(25-7-8)14-18-12(23-21-14)6-22-15-19-13(20-24-15)9-3-1-2-4-10(9)17/h1-5,7H,6H2. The van der Waals surface area contributed by atoms with Gasteiger partial charge in [0.1, 0.15) is 0 Å². The first kappa shape index (κ1) is 16.2. The maximum atomic E-state index is 6.11. The summed E-state index contributed by atoms with van der Waals surface area (Å²) in [5.41, 5.74) is 0.658. The molecule has 0 bridgehead atoms. The monoisotopic (exact) mass is 438 g/mol. The van der Waals surface area contributed by atoms with Gasteiger partial charge in [-0.15, -0.1) is 11.3 Å². The van der Waals surface area contributed by atoms with E-state index >= 15 is 0 Å². The van der Waals surface area contributed by atoms with Gasteiger partial charge < -0.3 is 9.26 Å². The lowest BCUT2D eigenvalue weighted by Gasteiger charge is -1.96. The summed E-state index contributed by atoms with van der Waals surface area (Å²) in [5.74, 6) is 1.14. The Morgan fingerprint density at radius 3 is 2.76 bits per heavy atom. The molecule has 0 spiro atoms. The molecule has 0 atom stereocenters. The maximum Gasteiger partial charge on any atom is 0.418 e. The third-order valence-electron chi connectivity index (χ3n) is 3.10. The van der Waals surface area contributed by atoms with E-state index in [-0.39, 0.29) is 12.7 Å². The van der Waals surface area contributed by atoms with Gasteiger partial charge in [0, 0.05) is 15.4 Å². The van der Waals surface area contributed by atoms with Crippen molar-refractivity contribution in [2.45, 2.75) is 6.61 Å². The first-order chi connectivity index (χ1) is 12.2. The number of hydrogen-bond donors (Lipinski definition) is 0. The fourth-order valence-corrected chi connectivity index (χ4v) is 3.56. The Hall–Kier alpha value is -2.23. The molecule has 0 saturated carbocycles. The SMILES string of the molecule is Clc1ccccc1-c1noc(OCc2nc(-c3cc(Br)cs3)no2)n1. The molecule has 4 aromatic rings. The van der Waals surface area contributed by atoms with Gasteiger partial charge in [0.15, 0.2) is 6.61 Å². The number of ether oxygens (including phenoxy) is 1. The Kier molecular flexibility index (Phi) is 4.51. The van der Waals surface area contributed by atoms with Crippen LogP contribution in [0.25, 0.3) is 22.1 Å². The van der Waals surface area contributed by atoms with Gasteiger partial charge in [-0.25, -0.2) is 0 Å². The summed E-state index contributed by atoms with van der Waals surface area (Å²) in [6.45, 7) is 0.0176. The molecule has 3 heterocycles. The van der Waals surface area contributed by atoms with Gasteiger partial charge in [-0.05, 0) is 34.1 Å². The van der Waals surface area contributed by atoms with E-state index in [4.69, 9.17) is 25.4 Å². The van der Waals surface area contributed by atoms with Crippen molar-refractivity contribution in [3.8, 4) is 28.2 Å². The second kappa shape index (κ2) is 6.95. The van der Waals surface area contributed by atoms with Crippen LogP contribution in [0.4, 0.5) is 0 Å². The third-order valence-corrected chi connectivity index (χ3v) is 5.11. The average Bonchev–Trinajstić information content (AvgIpc) is 3.33. The molecule has 10 heteroatoms. The second-order valence-electron chi connectivity index (χ2n) is 4.79. The molecule has 7 nitrogen and oxygen atoms in total. The zero-order valence-corrected chi connectivity index (χ0v) is 15.5. The molecular weight excluding hydrogens is 432 g/mol. The van der Waals surface area contributed by atoms with E-state index < -0.39 is 0 Å². The van der Waals surface area contributed by atoms with Crippen LogP contribution in [0.1, 0.15) is 5.89 Å². The smallest absolute Gasteiger partial charge is 0.418 e. The van der Waals surface area contributed by atoms with Crippen molar-refractivity contribution in [2.24, 2.45) is 0 Å². The minimum Gasteiger partial charge on any atom is -0.439 e. The molecule has 0 unspecified atom stereocenters. The first-order valence-corrected chi connectivity index (χ1v) is 9.02. The predicted octanol–water partition coefficient (Wildman–Crippen LogP) is 4.84. The molecule has 0 amide bonds. The van der Waals surface area contributed by atoms with Crippen LogP contribution in [0.5, 0.6) is 6.08 Å². The summed E-state index contributed by atoms with van der Waals surface area (Å²) in [4.78, 5) is 9.30. The molecule has 0 aliphatic heterocycles. The highest BCUT2D eigenvalue weighted by atomic mass is 79.9. The van der Waals surface area contributed by atoms with Crippen LogP contribution < -0.4 is 4.74 Å². The molecule has 0 fully saturated rings. The van der Waals surface area contributed by atoms with Gasteiger partial charge in [-0.1, -0.05) is 34.0 Å². The third kappa shape index (κ3) is 3.58. The molecule has 25 heavy (non-hydrogen) atoms. The van der Waals surface area contributed by atoms with Crippen LogP contribution in [0.2, 0.25) is 5.02 Å². The Morgan fingerprint density at radius 1 is 1.12 bits per heavy atom. The summed E-state index contributed by atoms with van der Waals surface area (Å²) in [6.07, 6.45) is -0.00598. The Balaban J connectivity index is 1.44. The number of rotatable bonds is 5. The van der Waals surface area contributed by atoms with E-state index in [1.165, 1.54) is 11.3 Å². The normalized spacial score (nSPS) is 11.0. The van der Waals surface area contributed by atoms with Crippen molar-refractivity contribution < 1.29 is 13.8 Å². The highest BCUT2D eigenvalue weighted by molar-refractivity contribution is 9.10. The fourth-order valence-electron chi connectivity index (χ4n) is 1.99. The molecule has 3 aromatic heterocycles. The predicted molar refractivity (Wildman–Crippen MR) is 94.4 cm³/mol. The minimum atomic E-state index is -0.00598. The largest absolute Gasteiger partial charge is 0.439 e. The van der Waals surface area contributed by atoms with Gasteiger partial charge in [-0.3, -0.25) is 4.52 Å². The molecule has 0 saturated heterocycles. The lowest BCUT2D eigenvalue weighted by molar-refractivity contribution is 0.169. The molecular formula is C15H8BrClN4O3S. The zero-order valence-electron chi connectivity index (χ0n) is 12.3. The van der Waals surface area contributed by atoms with Crippen molar-refractivity contribution in [3.05, 3.63) is 51.1 Å². The highest BCUT2D eigenvalue weighted by Crippen LogP contribution is 2.28. The van der Waals surface area contributed by atoms with Crippen LogP contribution in [-0.2, 0) is 6.61 Å². The molecule has 0 N–H and O–H groups in total. The van der Waals surface area contributed by atoms with Crippen molar-refractivity contribution >= 4 is 38.9 Å². The van der Waals surface area contributed by atoms with Crippen molar-refractivity contribution in [1.29, 1.82) is 0 Å². The van der Waals surface area contributed by atoms with Crippen molar-refractivity contribution in [2.75, 3.05) is 0 Å². The summed E-state index contributed by atoms with van der Waals surface area (Å²) in [5, 5.41) is 10.2. The number of hydrogen-bond acceptors (Lipinski definition) is 8. The minimum absolute atomic E-state index is 0.00598.